The van der Waals surface area contributed by atoms with Crippen molar-refractivity contribution in [1.82, 2.24) is 15.2 Å². The molecule has 9 heteroatoms. The summed E-state index contributed by atoms with van der Waals surface area (Å²) in [6.07, 6.45) is 0.932. The van der Waals surface area contributed by atoms with Gasteiger partial charge < -0.3 is 4.90 Å². The van der Waals surface area contributed by atoms with Crippen molar-refractivity contribution in [2.24, 2.45) is 0 Å². The van der Waals surface area contributed by atoms with E-state index in [1.807, 2.05) is 11.0 Å². The summed E-state index contributed by atoms with van der Waals surface area (Å²) in [4.78, 5) is 2.92. The predicted octanol–water partition coefficient (Wildman–Crippen LogP) is 2.33. The number of hydrazine groups is 1. The van der Waals surface area contributed by atoms with Crippen molar-refractivity contribution in [2.45, 2.75) is 29.6 Å². The zero-order valence-corrected chi connectivity index (χ0v) is 16.7. The van der Waals surface area contributed by atoms with Crippen LogP contribution in [0.15, 0.2) is 40.6 Å². The van der Waals surface area contributed by atoms with Crippen molar-refractivity contribution < 1.29 is 12.8 Å². The number of nitrogens with zero attached hydrogens (tertiary/aromatic N) is 2. The van der Waals surface area contributed by atoms with E-state index in [1.54, 1.807) is 24.3 Å². The van der Waals surface area contributed by atoms with Gasteiger partial charge in [-0.25, -0.2) is 18.2 Å². The molecule has 3 heterocycles. The minimum Gasteiger partial charge on any atom is -0.367 e. The molecule has 0 aliphatic carbocycles. The Kier molecular flexibility index (Phi) is 5.21. The fraction of sp³-hybridized carbons (Fsp3) is 0.444. The quantitative estimate of drug-likeness (QED) is 0.810. The van der Waals surface area contributed by atoms with E-state index >= 15 is 0 Å². The Morgan fingerprint density at radius 1 is 1.07 bits per heavy atom. The second kappa shape index (κ2) is 7.48. The number of benzene rings is 1. The summed E-state index contributed by atoms with van der Waals surface area (Å²) in [5.41, 5.74) is 6.90. The third kappa shape index (κ3) is 3.74. The first-order valence-electron chi connectivity index (χ1n) is 9.05. The molecule has 2 N–H and O–H groups in total. The van der Waals surface area contributed by atoms with E-state index in [9.17, 15) is 12.8 Å². The maximum Gasteiger partial charge on any atom is 0.252 e. The molecule has 0 amide bonds. The molecule has 2 atom stereocenters. The first-order valence-corrected chi connectivity index (χ1v) is 11.3. The Bertz CT molecular complexity index is 910. The molecule has 1 aromatic carbocycles. The maximum absolute atomic E-state index is 14.0. The standard InChI is InChI=1S/C18H23FN4O2S2/c1-13-12-15(21-20-13)17-6-7-18(26-17)27(24,25)23-10-8-22(9-11-23)16-5-3-2-4-14(16)19/h2-7,13,15,20-21H,8-12H2,1H3. The summed E-state index contributed by atoms with van der Waals surface area (Å²) in [6.45, 7) is 3.75. The van der Waals surface area contributed by atoms with Gasteiger partial charge in [0.05, 0.1) is 11.7 Å². The average Bonchev–Trinajstić information content (AvgIpc) is 3.32. The smallest absolute Gasteiger partial charge is 0.252 e. The summed E-state index contributed by atoms with van der Waals surface area (Å²) in [6, 6.07) is 10.7. The van der Waals surface area contributed by atoms with Crippen LogP contribution in [0.1, 0.15) is 24.3 Å². The molecule has 6 nitrogen and oxygen atoms in total. The number of thiophene rings is 1. The Labute approximate surface area is 163 Å². The van der Waals surface area contributed by atoms with Gasteiger partial charge in [0.1, 0.15) is 10.0 Å². The Morgan fingerprint density at radius 2 is 1.81 bits per heavy atom. The molecule has 146 valence electrons. The number of piperazine rings is 1. The largest absolute Gasteiger partial charge is 0.367 e. The highest BCUT2D eigenvalue weighted by molar-refractivity contribution is 7.91. The molecule has 2 aromatic rings. The van der Waals surface area contributed by atoms with Gasteiger partial charge in [0.15, 0.2) is 0 Å². The van der Waals surface area contributed by atoms with Gasteiger partial charge in [-0.05, 0) is 37.6 Å². The number of hydrogen-bond donors (Lipinski definition) is 2. The van der Waals surface area contributed by atoms with Crippen LogP contribution in [0.5, 0.6) is 0 Å². The summed E-state index contributed by atoms with van der Waals surface area (Å²) >= 11 is 1.33. The molecule has 27 heavy (non-hydrogen) atoms. The highest BCUT2D eigenvalue weighted by Gasteiger charge is 2.31. The lowest BCUT2D eigenvalue weighted by Gasteiger charge is -2.35. The first-order chi connectivity index (χ1) is 12.9. The Morgan fingerprint density at radius 3 is 2.48 bits per heavy atom. The van der Waals surface area contributed by atoms with Crippen LogP contribution in [0.3, 0.4) is 0 Å². The first kappa shape index (κ1) is 18.8. The van der Waals surface area contributed by atoms with Gasteiger partial charge in [-0.2, -0.15) is 4.31 Å². The van der Waals surface area contributed by atoms with E-state index in [1.165, 1.54) is 21.7 Å². The molecule has 2 unspecified atom stereocenters. The summed E-state index contributed by atoms with van der Waals surface area (Å²) in [5, 5.41) is 0. The number of anilines is 1. The highest BCUT2D eigenvalue weighted by Crippen LogP contribution is 2.33. The van der Waals surface area contributed by atoms with Crippen LogP contribution in [0.2, 0.25) is 0 Å². The van der Waals surface area contributed by atoms with E-state index in [4.69, 9.17) is 0 Å². The van der Waals surface area contributed by atoms with E-state index in [2.05, 4.69) is 17.8 Å². The van der Waals surface area contributed by atoms with Crippen LogP contribution < -0.4 is 15.8 Å². The van der Waals surface area contributed by atoms with Crippen molar-refractivity contribution in [3.63, 3.8) is 0 Å². The van der Waals surface area contributed by atoms with Crippen LogP contribution in [-0.4, -0.2) is 44.9 Å². The lowest BCUT2D eigenvalue weighted by molar-refractivity contribution is 0.384. The van der Waals surface area contributed by atoms with E-state index in [-0.39, 0.29) is 11.9 Å². The topological polar surface area (TPSA) is 64.7 Å². The molecular formula is C18H23FN4O2S2. The normalized spacial score (nSPS) is 24.4. The summed E-state index contributed by atoms with van der Waals surface area (Å²) in [7, 11) is -3.52. The van der Waals surface area contributed by atoms with Gasteiger partial charge in [0.2, 0.25) is 0 Å². The van der Waals surface area contributed by atoms with E-state index in [0.29, 0.717) is 42.1 Å². The monoisotopic (exact) mass is 410 g/mol. The van der Waals surface area contributed by atoms with Crippen molar-refractivity contribution in [3.8, 4) is 0 Å². The molecule has 0 spiro atoms. The fourth-order valence-electron chi connectivity index (χ4n) is 3.57. The van der Waals surface area contributed by atoms with Gasteiger partial charge in [0.25, 0.3) is 10.0 Å². The lowest BCUT2D eigenvalue weighted by atomic mass is 10.1. The summed E-state index contributed by atoms with van der Waals surface area (Å²) in [5.74, 6) is -0.274. The number of nitrogens with one attached hydrogen (secondary N) is 2. The van der Waals surface area contributed by atoms with Crippen LogP contribution in [0.25, 0.3) is 0 Å². The second-order valence-electron chi connectivity index (χ2n) is 6.98. The molecule has 0 saturated carbocycles. The molecule has 2 aliphatic rings. The molecule has 2 saturated heterocycles. The van der Waals surface area contributed by atoms with Gasteiger partial charge in [-0.3, -0.25) is 5.43 Å². The SMILES string of the molecule is CC1CC(c2ccc(S(=O)(=O)N3CCN(c4ccccc4F)CC3)s2)NN1. The number of sulfonamides is 1. The zero-order valence-electron chi connectivity index (χ0n) is 15.1. The third-order valence-electron chi connectivity index (χ3n) is 5.06. The van der Waals surface area contributed by atoms with Crippen molar-refractivity contribution in [2.75, 3.05) is 31.1 Å². The number of hydrogen-bond acceptors (Lipinski definition) is 6. The van der Waals surface area contributed by atoms with Gasteiger partial charge in [0, 0.05) is 37.1 Å². The van der Waals surface area contributed by atoms with Crippen LogP contribution in [0, 0.1) is 5.82 Å². The molecular weight excluding hydrogens is 387 g/mol. The zero-order chi connectivity index (χ0) is 19.0. The Hall–Kier alpha value is -1.52. The molecule has 4 rings (SSSR count). The van der Waals surface area contributed by atoms with E-state index < -0.39 is 10.0 Å². The number of halogens is 1. The molecule has 0 bridgehead atoms. The van der Waals surface area contributed by atoms with Crippen LogP contribution in [-0.2, 0) is 10.0 Å². The van der Waals surface area contributed by atoms with Gasteiger partial charge in [-0.1, -0.05) is 12.1 Å². The van der Waals surface area contributed by atoms with Crippen LogP contribution in [0.4, 0.5) is 10.1 Å². The van der Waals surface area contributed by atoms with Crippen molar-refractivity contribution >= 4 is 27.0 Å². The van der Waals surface area contributed by atoms with Crippen LogP contribution >= 0.6 is 11.3 Å². The average molecular weight is 411 g/mol. The lowest BCUT2D eigenvalue weighted by Crippen LogP contribution is -2.48. The number of rotatable bonds is 4. The van der Waals surface area contributed by atoms with Gasteiger partial charge in [-0.15, -0.1) is 11.3 Å². The molecule has 2 aliphatic heterocycles. The molecule has 2 fully saturated rings. The number of para-hydroxylation sites is 1. The second-order valence-corrected chi connectivity index (χ2v) is 10.3. The van der Waals surface area contributed by atoms with Crippen molar-refractivity contribution in [1.29, 1.82) is 0 Å². The minimum absolute atomic E-state index is 0.145. The Balaban J connectivity index is 1.45. The van der Waals surface area contributed by atoms with E-state index in [0.717, 1.165) is 11.3 Å². The highest BCUT2D eigenvalue weighted by atomic mass is 32.2. The van der Waals surface area contributed by atoms with Gasteiger partial charge >= 0.3 is 0 Å². The maximum atomic E-state index is 14.0. The minimum atomic E-state index is -3.52. The van der Waals surface area contributed by atoms with Crippen molar-refractivity contribution in [3.05, 3.63) is 47.1 Å². The fourth-order valence-corrected chi connectivity index (χ4v) is 6.53. The predicted molar refractivity (Wildman–Crippen MR) is 105 cm³/mol. The molecule has 0 radical (unpaired) electrons. The molecule has 1 aromatic heterocycles. The summed E-state index contributed by atoms with van der Waals surface area (Å²) < 4.78 is 41.8. The third-order valence-corrected chi connectivity index (χ3v) is 8.63.